The van der Waals surface area contributed by atoms with E-state index in [0.717, 1.165) is 12.8 Å². The zero-order valence-electron chi connectivity index (χ0n) is 11.7. The number of rotatable bonds is 4. The molecule has 1 aliphatic heterocycles. The first-order valence-electron chi connectivity index (χ1n) is 6.50. The van der Waals surface area contributed by atoms with Crippen LogP contribution in [-0.2, 0) is 9.47 Å². The smallest absolute Gasteiger partial charge is 0.412 e. The third-order valence-corrected chi connectivity index (χ3v) is 3.21. The molecule has 1 aliphatic rings. The lowest BCUT2D eigenvalue weighted by atomic mass is 10.0. The SMILES string of the molecule is CCCCOC(=O)N1C(C(C)C)COC1(C)C. The number of hydrogen-bond donors (Lipinski definition) is 0. The van der Waals surface area contributed by atoms with Crippen LogP contribution in [0.25, 0.3) is 0 Å². The molecule has 0 radical (unpaired) electrons. The van der Waals surface area contributed by atoms with Crippen LogP contribution in [0.15, 0.2) is 0 Å². The number of nitrogens with zero attached hydrogens (tertiary/aromatic N) is 1. The fraction of sp³-hybridized carbons (Fsp3) is 0.923. The van der Waals surface area contributed by atoms with Gasteiger partial charge in [-0.1, -0.05) is 27.2 Å². The summed E-state index contributed by atoms with van der Waals surface area (Å²) in [4.78, 5) is 13.8. The van der Waals surface area contributed by atoms with Crippen molar-refractivity contribution < 1.29 is 14.3 Å². The summed E-state index contributed by atoms with van der Waals surface area (Å²) in [5.41, 5.74) is -0.557. The molecule has 0 N–H and O–H groups in total. The molecule has 0 aliphatic carbocycles. The van der Waals surface area contributed by atoms with E-state index < -0.39 is 5.72 Å². The van der Waals surface area contributed by atoms with Crippen molar-refractivity contribution in [2.75, 3.05) is 13.2 Å². The minimum absolute atomic E-state index is 0.110. The number of carbonyl (C=O) groups excluding carboxylic acids is 1. The van der Waals surface area contributed by atoms with Crippen LogP contribution in [0.2, 0.25) is 0 Å². The average Bonchev–Trinajstić information content (AvgIpc) is 2.54. The number of amides is 1. The predicted octanol–water partition coefficient (Wildman–Crippen LogP) is 3.02. The molecule has 0 aromatic rings. The molecular formula is C13H25NO3. The molecule has 1 fully saturated rings. The quantitative estimate of drug-likeness (QED) is 0.712. The summed E-state index contributed by atoms with van der Waals surface area (Å²) in [6.07, 6.45) is 1.69. The Balaban J connectivity index is 2.65. The average molecular weight is 243 g/mol. The van der Waals surface area contributed by atoms with Gasteiger partial charge in [0.15, 0.2) is 0 Å². The second kappa shape index (κ2) is 5.71. The fourth-order valence-electron chi connectivity index (χ4n) is 2.05. The van der Waals surface area contributed by atoms with Crippen molar-refractivity contribution in [3.8, 4) is 0 Å². The zero-order chi connectivity index (χ0) is 13.1. The van der Waals surface area contributed by atoms with Crippen LogP contribution in [0.5, 0.6) is 0 Å². The minimum atomic E-state index is -0.557. The summed E-state index contributed by atoms with van der Waals surface area (Å²) < 4.78 is 11.0. The summed E-state index contributed by atoms with van der Waals surface area (Å²) in [6.45, 7) is 11.2. The van der Waals surface area contributed by atoms with Crippen molar-refractivity contribution >= 4 is 6.09 Å². The molecule has 0 saturated carbocycles. The maximum atomic E-state index is 12.1. The number of carbonyl (C=O) groups is 1. The van der Waals surface area contributed by atoms with Gasteiger partial charge < -0.3 is 9.47 Å². The molecule has 1 amide bonds. The van der Waals surface area contributed by atoms with Gasteiger partial charge in [-0.3, -0.25) is 4.90 Å². The first-order chi connectivity index (χ1) is 7.90. The van der Waals surface area contributed by atoms with Crippen molar-refractivity contribution in [2.24, 2.45) is 5.92 Å². The Morgan fingerprint density at radius 3 is 2.71 bits per heavy atom. The topological polar surface area (TPSA) is 38.8 Å². The highest BCUT2D eigenvalue weighted by molar-refractivity contribution is 5.69. The van der Waals surface area contributed by atoms with Gasteiger partial charge in [0.25, 0.3) is 0 Å². The third-order valence-electron chi connectivity index (χ3n) is 3.21. The molecule has 4 nitrogen and oxygen atoms in total. The van der Waals surface area contributed by atoms with Gasteiger partial charge in [-0.15, -0.1) is 0 Å². The monoisotopic (exact) mass is 243 g/mol. The van der Waals surface area contributed by atoms with Crippen molar-refractivity contribution in [1.82, 2.24) is 4.90 Å². The Kier molecular flexibility index (Phi) is 4.80. The maximum Gasteiger partial charge on any atom is 0.412 e. The van der Waals surface area contributed by atoms with E-state index in [1.165, 1.54) is 0 Å². The Bertz CT molecular complexity index is 263. The van der Waals surface area contributed by atoms with E-state index in [0.29, 0.717) is 19.1 Å². The van der Waals surface area contributed by atoms with Crippen LogP contribution in [-0.4, -0.2) is 36.0 Å². The molecule has 1 saturated heterocycles. The van der Waals surface area contributed by atoms with Gasteiger partial charge in [0.1, 0.15) is 5.72 Å². The Morgan fingerprint density at radius 2 is 2.18 bits per heavy atom. The zero-order valence-corrected chi connectivity index (χ0v) is 11.7. The number of ether oxygens (including phenoxy) is 2. The van der Waals surface area contributed by atoms with Crippen LogP contribution in [0.1, 0.15) is 47.5 Å². The van der Waals surface area contributed by atoms with E-state index in [1.54, 1.807) is 4.90 Å². The Labute approximate surface area is 104 Å². The van der Waals surface area contributed by atoms with Crippen LogP contribution >= 0.6 is 0 Å². The molecular weight excluding hydrogens is 218 g/mol. The highest BCUT2D eigenvalue weighted by atomic mass is 16.6. The lowest BCUT2D eigenvalue weighted by Gasteiger charge is -2.34. The minimum Gasteiger partial charge on any atom is -0.449 e. The van der Waals surface area contributed by atoms with Crippen LogP contribution in [0.3, 0.4) is 0 Å². The molecule has 0 aromatic carbocycles. The van der Waals surface area contributed by atoms with E-state index in [-0.39, 0.29) is 12.1 Å². The molecule has 4 heteroatoms. The normalized spacial score (nSPS) is 23.2. The molecule has 1 rings (SSSR count). The van der Waals surface area contributed by atoms with E-state index >= 15 is 0 Å². The molecule has 1 atom stereocenters. The summed E-state index contributed by atoms with van der Waals surface area (Å²) in [5.74, 6) is 0.371. The van der Waals surface area contributed by atoms with Crippen molar-refractivity contribution in [2.45, 2.75) is 59.2 Å². The summed E-state index contributed by atoms with van der Waals surface area (Å²) in [5, 5.41) is 0. The van der Waals surface area contributed by atoms with Crippen LogP contribution in [0.4, 0.5) is 4.79 Å². The number of unbranched alkanes of at least 4 members (excludes halogenated alkanes) is 1. The highest BCUT2D eigenvalue weighted by Crippen LogP contribution is 2.31. The molecule has 0 aromatic heterocycles. The van der Waals surface area contributed by atoms with Gasteiger partial charge in [-0.25, -0.2) is 4.79 Å². The lowest BCUT2D eigenvalue weighted by Crippen LogP contribution is -2.49. The summed E-state index contributed by atoms with van der Waals surface area (Å²) in [7, 11) is 0. The Morgan fingerprint density at radius 1 is 1.53 bits per heavy atom. The molecule has 0 spiro atoms. The van der Waals surface area contributed by atoms with Crippen molar-refractivity contribution in [3.05, 3.63) is 0 Å². The molecule has 17 heavy (non-hydrogen) atoms. The standard InChI is InChI=1S/C13H25NO3/c1-6-7-8-16-12(15)14-11(10(2)3)9-17-13(14,4)5/h10-11H,6-9H2,1-5H3. The predicted molar refractivity (Wildman–Crippen MR) is 66.8 cm³/mol. The van der Waals surface area contributed by atoms with E-state index in [2.05, 4.69) is 20.8 Å². The second-order valence-corrected chi connectivity index (χ2v) is 5.41. The molecule has 1 heterocycles. The van der Waals surface area contributed by atoms with Gasteiger partial charge in [-0.2, -0.15) is 0 Å². The van der Waals surface area contributed by atoms with Crippen LogP contribution in [0, 0.1) is 5.92 Å². The number of hydrogen-bond acceptors (Lipinski definition) is 3. The largest absolute Gasteiger partial charge is 0.449 e. The lowest BCUT2D eigenvalue weighted by molar-refractivity contribution is -0.0494. The van der Waals surface area contributed by atoms with Crippen LogP contribution < -0.4 is 0 Å². The summed E-state index contributed by atoms with van der Waals surface area (Å²) in [6, 6.07) is 0.110. The fourth-order valence-corrected chi connectivity index (χ4v) is 2.05. The first-order valence-corrected chi connectivity index (χ1v) is 6.50. The van der Waals surface area contributed by atoms with E-state index in [4.69, 9.17) is 9.47 Å². The van der Waals surface area contributed by atoms with E-state index in [1.807, 2.05) is 13.8 Å². The van der Waals surface area contributed by atoms with Crippen molar-refractivity contribution in [3.63, 3.8) is 0 Å². The Hall–Kier alpha value is -0.770. The second-order valence-electron chi connectivity index (χ2n) is 5.41. The maximum absolute atomic E-state index is 12.1. The van der Waals surface area contributed by atoms with Gasteiger partial charge in [0, 0.05) is 0 Å². The van der Waals surface area contributed by atoms with Gasteiger partial charge in [0.05, 0.1) is 19.3 Å². The van der Waals surface area contributed by atoms with E-state index in [9.17, 15) is 4.79 Å². The molecule has 100 valence electrons. The van der Waals surface area contributed by atoms with Crippen molar-refractivity contribution in [1.29, 1.82) is 0 Å². The van der Waals surface area contributed by atoms with Gasteiger partial charge >= 0.3 is 6.09 Å². The van der Waals surface area contributed by atoms with Gasteiger partial charge in [-0.05, 0) is 26.2 Å². The third kappa shape index (κ3) is 3.35. The van der Waals surface area contributed by atoms with Gasteiger partial charge in [0.2, 0.25) is 0 Å². The molecule has 1 unspecified atom stereocenters. The first kappa shape index (κ1) is 14.3. The molecule has 0 bridgehead atoms. The summed E-state index contributed by atoms with van der Waals surface area (Å²) >= 11 is 0. The highest BCUT2D eigenvalue weighted by Gasteiger charge is 2.45.